The highest BCUT2D eigenvalue weighted by Gasteiger charge is 2.19. The minimum atomic E-state index is 0.171. The number of hydrogen-bond acceptors (Lipinski definition) is 4. The van der Waals surface area contributed by atoms with Gasteiger partial charge in [0, 0.05) is 23.5 Å². The van der Waals surface area contributed by atoms with Crippen molar-refractivity contribution in [3.63, 3.8) is 0 Å². The molecule has 3 nitrogen and oxygen atoms in total. The largest absolute Gasteiger partial charge is 0.344 e. The number of thiazole rings is 1. The Hall–Kier alpha value is -1.10. The number of rotatable bonds is 6. The Morgan fingerprint density at radius 1 is 1.38 bits per heavy atom. The third-order valence-electron chi connectivity index (χ3n) is 3.68. The van der Waals surface area contributed by atoms with Crippen molar-refractivity contribution in [2.75, 3.05) is 11.9 Å². The number of halogens is 1. The Labute approximate surface area is 135 Å². The van der Waals surface area contributed by atoms with Gasteiger partial charge in [-0.2, -0.15) is 0 Å². The van der Waals surface area contributed by atoms with E-state index in [1.165, 1.54) is 4.88 Å². The number of anilines is 1. The van der Waals surface area contributed by atoms with Gasteiger partial charge in [-0.3, -0.25) is 0 Å². The molecular formula is C16H22ClN3S. The summed E-state index contributed by atoms with van der Waals surface area (Å²) in [5, 5.41) is 1.80. The van der Waals surface area contributed by atoms with Crippen LogP contribution >= 0.6 is 22.9 Å². The average molecular weight is 324 g/mol. The van der Waals surface area contributed by atoms with Crippen molar-refractivity contribution in [3.8, 4) is 0 Å². The molecular weight excluding hydrogens is 302 g/mol. The maximum Gasteiger partial charge on any atom is 0.186 e. The molecule has 1 aromatic carbocycles. The lowest BCUT2D eigenvalue weighted by Crippen LogP contribution is -2.21. The van der Waals surface area contributed by atoms with E-state index in [1.54, 1.807) is 11.3 Å². The van der Waals surface area contributed by atoms with Crippen LogP contribution in [0.25, 0.3) is 0 Å². The van der Waals surface area contributed by atoms with Crippen LogP contribution in [0.4, 0.5) is 5.13 Å². The molecule has 5 heteroatoms. The Balaban J connectivity index is 2.27. The SMILES string of the molecule is CCCc1nc(N(C)C(C)c2ccccc2Cl)sc1CN. The summed E-state index contributed by atoms with van der Waals surface area (Å²) in [6, 6.07) is 8.13. The van der Waals surface area contributed by atoms with Crippen molar-refractivity contribution < 1.29 is 0 Å². The zero-order valence-electron chi connectivity index (χ0n) is 12.8. The standard InChI is InChI=1S/C16H22ClN3S/c1-4-7-14-15(10-18)21-16(19-14)20(3)11(2)12-8-5-6-9-13(12)17/h5-6,8-9,11H,4,7,10,18H2,1-3H3. The molecule has 0 amide bonds. The summed E-state index contributed by atoms with van der Waals surface area (Å²) >= 11 is 7.98. The van der Waals surface area contributed by atoms with Crippen LogP contribution < -0.4 is 10.6 Å². The Bertz CT molecular complexity index is 597. The summed E-state index contributed by atoms with van der Waals surface area (Å²) in [5.74, 6) is 0. The van der Waals surface area contributed by atoms with E-state index >= 15 is 0 Å². The van der Waals surface area contributed by atoms with Gasteiger partial charge in [0.2, 0.25) is 0 Å². The molecule has 0 aliphatic heterocycles. The molecule has 1 aromatic heterocycles. The predicted octanol–water partition coefficient (Wildman–Crippen LogP) is 4.41. The number of benzene rings is 1. The molecule has 2 N–H and O–H groups in total. The van der Waals surface area contributed by atoms with Crippen LogP contribution in [0.1, 0.15) is 42.4 Å². The van der Waals surface area contributed by atoms with Crippen molar-refractivity contribution in [3.05, 3.63) is 45.4 Å². The monoisotopic (exact) mass is 323 g/mol. The van der Waals surface area contributed by atoms with Gasteiger partial charge in [-0.15, -0.1) is 11.3 Å². The van der Waals surface area contributed by atoms with E-state index in [-0.39, 0.29) is 6.04 Å². The highest BCUT2D eigenvalue weighted by atomic mass is 35.5. The quantitative estimate of drug-likeness (QED) is 0.856. The van der Waals surface area contributed by atoms with Crippen LogP contribution in [0.3, 0.4) is 0 Å². The molecule has 114 valence electrons. The number of nitrogens with two attached hydrogens (primary N) is 1. The van der Waals surface area contributed by atoms with E-state index < -0.39 is 0 Å². The van der Waals surface area contributed by atoms with Crippen molar-refractivity contribution in [1.82, 2.24) is 4.98 Å². The van der Waals surface area contributed by atoms with E-state index in [2.05, 4.69) is 31.9 Å². The van der Waals surface area contributed by atoms with Crippen LogP contribution in [-0.2, 0) is 13.0 Å². The highest BCUT2D eigenvalue weighted by Crippen LogP contribution is 2.33. The van der Waals surface area contributed by atoms with Gasteiger partial charge < -0.3 is 10.6 Å². The zero-order valence-corrected chi connectivity index (χ0v) is 14.3. The first-order valence-electron chi connectivity index (χ1n) is 7.24. The maximum absolute atomic E-state index is 6.30. The molecule has 1 atom stereocenters. The summed E-state index contributed by atoms with van der Waals surface area (Å²) < 4.78 is 0. The zero-order chi connectivity index (χ0) is 15.4. The fourth-order valence-corrected chi connectivity index (χ4v) is 3.62. The molecule has 0 fully saturated rings. The lowest BCUT2D eigenvalue weighted by atomic mass is 10.1. The first-order chi connectivity index (χ1) is 10.1. The van der Waals surface area contributed by atoms with E-state index in [1.807, 2.05) is 18.2 Å². The van der Waals surface area contributed by atoms with Crippen molar-refractivity contribution in [2.24, 2.45) is 5.73 Å². The predicted molar refractivity (Wildman–Crippen MR) is 92.3 cm³/mol. The summed E-state index contributed by atoms with van der Waals surface area (Å²) in [7, 11) is 2.06. The van der Waals surface area contributed by atoms with E-state index in [4.69, 9.17) is 22.3 Å². The van der Waals surface area contributed by atoms with Crippen LogP contribution in [0, 0.1) is 0 Å². The first kappa shape index (κ1) is 16.3. The fraction of sp³-hybridized carbons (Fsp3) is 0.438. The smallest absolute Gasteiger partial charge is 0.186 e. The van der Waals surface area contributed by atoms with Gasteiger partial charge in [-0.25, -0.2) is 4.98 Å². The van der Waals surface area contributed by atoms with E-state index in [0.717, 1.165) is 34.3 Å². The number of nitrogens with zero attached hydrogens (tertiary/aromatic N) is 2. The molecule has 0 spiro atoms. The molecule has 2 rings (SSSR count). The van der Waals surface area contributed by atoms with Crippen LogP contribution in [0.2, 0.25) is 5.02 Å². The Kier molecular flexibility index (Phi) is 5.62. The molecule has 1 heterocycles. The molecule has 0 radical (unpaired) electrons. The van der Waals surface area contributed by atoms with E-state index in [0.29, 0.717) is 6.54 Å². The van der Waals surface area contributed by atoms with Crippen LogP contribution in [-0.4, -0.2) is 12.0 Å². The van der Waals surface area contributed by atoms with Crippen LogP contribution in [0.15, 0.2) is 24.3 Å². The van der Waals surface area contributed by atoms with Gasteiger partial charge in [0.25, 0.3) is 0 Å². The lowest BCUT2D eigenvalue weighted by molar-refractivity contribution is 0.733. The highest BCUT2D eigenvalue weighted by molar-refractivity contribution is 7.15. The van der Waals surface area contributed by atoms with Crippen LogP contribution in [0.5, 0.6) is 0 Å². The van der Waals surface area contributed by atoms with Gasteiger partial charge in [0.15, 0.2) is 5.13 Å². The Morgan fingerprint density at radius 3 is 2.71 bits per heavy atom. The number of aryl methyl sites for hydroxylation is 1. The molecule has 0 aliphatic rings. The molecule has 0 aliphatic carbocycles. The molecule has 0 bridgehead atoms. The molecule has 2 aromatic rings. The van der Waals surface area contributed by atoms with Gasteiger partial charge >= 0.3 is 0 Å². The molecule has 21 heavy (non-hydrogen) atoms. The fourth-order valence-electron chi connectivity index (χ4n) is 2.30. The third-order valence-corrected chi connectivity index (χ3v) is 5.23. The first-order valence-corrected chi connectivity index (χ1v) is 8.43. The van der Waals surface area contributed by atoms with Gasteiger partial charge in [-0.05, 0) is 25.0 Å². The second-order valence-corrected chi connectivity index (χ2v) is 6.60. The second kappa shape index (κ2) is 7.25. The summed E-state index contributed by atoms with van der Waals surface area (Å²) in [6.07, 6.45) is 2.07. The average Bonchev–Trinajstić information content (AvgIpc) is 2.90. The Morgan fingerprint density at radius 2 is 2.10 bits per heavy atom. The summed E-state index contributed by atoms with van der Waals surface area (Å²) in [4.78, 5) is 8.12. The topological polar surface area (TPSA) is 42.2 Å². The van der Waals surface area contributed by atoms with Crippen molar-refractivity contribution in [1.29, 1.82) is 0 Å². The van der Waals surface area contributed by atoms with Crippen molar-refractivity contribution in [2.45, 2.75) is 39.3 Å². The molecule has 0 saturated heterocycles. The lowest BCUT2D eigenvalue weighted by Gasteiger charge is -2.25. The van der Waals surface area contributed by atoms with E-state index in [9.17, 15) is 0 Å². The van der Waals surface area contributed by atoms with Crippen molar-refractivity contribution >= 4 is 28.1 Å². The normalized spacial score (nSPS) is 12.4. The summed E-state index contributed by atoms with van der Waals surface area (Å²) in [6.45, 7) is 4.86. The minimum Gasteiger partial charge on any atom is -0.344 e. The van der Waals surface area contributed by atoms with Gasteiger partial charge in [0.05, 0.1) is 11.7 Å². The molecule has 0 saturated carbocycles. The second-order valence-electron chi connectivity index (χ2n) is 5.13. The summed E-state index contributed by atoms with van der Waals surface area (Å²) in [5.41, 5.74) is 8.09. The maximum atomic E-state index is 6.30. The molecule has 1 unspecified atom stereocenters. The number of hydrogen-bond donors (Lipinski definition) is 1. The van der Waals surface area contributed by atoms with Gasteiger partial charge in [0.1, 0.15) is 0 Å². The van der Waals surface area contributed by atoms with Gasteiger partial charge in [-0.1, -0.05) is 43.1 Å². The number of aromatic nitrogens is 1. The third kappa shape index (κ3) is 3.57. The minimum absolute atomic E-state index is 0.171.